The van der Waals surface area contributed by atoms with Crippen molar-refractivity contribution in [3.05, 3.63) is 28.1 Å². The van der Waals surface area contributed by atoms with Gasteiger partial charge < -0.3 is 14.7 Å². The van der Waals surface area contributed by atoms with E-state index >= 15 is 0 Å². The van der Waals surface area contributed by atoms with Gasteiger partial charge in [-0.1, -0.05) is 0 Å². The average Bonchev–Trinajstić information content (AvgIpc) is 2.38. The summed E-state index contributed by atoms with van der Waals surface area (Å²) in [7, 11) is 1.25. The number of halogens is 1. The number of hydrogen-bond acceptors (Lipinski definition) is 5. The van der Waals surface area contributed by atoms with Crippen molar-refractivity contribution in [3.8, 4) is 5.75 Å². The van der Waals surface area contributed by atoms with Crippen LogP contribution in [0.15, 0.2) is 12.1 Å². The lowest BCUT2D eigenvalue weighted by molar-refractivity contribution is -0.384. The molecule has 0 aromatic heterocycles. The largest absolute Gasteiger partial charge is 0.494 e. The summed E-state index contributed by atoms with van der Waals surface area (Å²) in [5.41, 5.74) is -0.290. The first-order valence-corrected chi connectivity index (χ1v) is 6.28. The topological polar surface area (TPSA) is 92.9 Å². The van der Waals surface area contributed by atoms with Crippen molar-refractivity contribution in [2.75, 3.05) is 18.6 Å². The molecular formula is C13H17FN2O5. The van der Waals surface area contributed by atoms with Crippen molar-refractivity contribution in [2.24, 2.45) is 0 Å². The van der Waals surface area contributed by atoms with Gasteiger partial charge in [0.05, 0.1) is 24.5 Å². The molecule has 0 spiro atoms. The third kappa shape index (κ3) is 4.04. The quantitative estimate of drug-likeness (QED) is 0.614. The summed E-state index contributed by atoms with van der Waals surface area (Å²) in [5.74, 6) is -1.98. The summed E-state index contributed by atoms with van der Waals surface area (Å²) >= 11 is 0. The van der Waals surface area contributed by atoms with Crippen LogP contribution in [0, 0.1) is 15.9 Å². The summed E-state index contributed by atoms with van der Waals surface area (Å²) < 4.78 is 18.5. The fourth-order valence-corrected chi connectivity index (χ4v) is 1.94. The third-order valence-electron chi connectivity index (χ3n) is 2.95. The second-order valence-electron chi connectivity index (χ2n) is 4.66. The number of nitro groups is 1. The van der Waals surface area contributed by atoms with Crippen LogP contribution < -0.4 is 9.64 Å². The maximum Gasteiger partial charge on any atom is 0.305 e. The number of aliphatic carboxylic acids is 1. The Morgan fingerprint density at radius 2 is 2.14 bits per heavy atom. The fourth-order valence-electron chi connectivity index (χ4n) is 1.94. The summed E-state index contributed by atoms with van der Waals surface area (Å²) in [5, 5.41) is 19.9. The van der Waals surface area contributed by atoms with Gasteiger partial charge in [0.2, 0.25) is 0 Å². The number of carboxylic acids is 1. The molecule has 0 fully saturated rings. The van der Waals surface area contributed by atoms with Crippen LogP contribution in [0.25, 0.3) is 0 Å². The van der Waals surface area contributed by atoms with Crippen LogP contribution in [0.3, 0.4) is 0 Å². The van der Waals surface area contributed by atoms with E-state index in [0.717, 1.165) is 6.07 Å². The van der Waals surface area contributed by atoms with E-state index in [2.05, 4.69) is 0 Å². The lowest BCUT2D eigenvalue weighted by atomic mass is 10.1. The van der Waals surface area contributed by atoms with Crippen molar-refractivity contribution in [3.63, 3.8) is 0 Å². The minimum absolute atomic E-state index is 0.0721. The van der Waals surface area contributed by atoms with Gasteiger partial charge >= 0.3 is 5.97 Å². The van der Waals surface area contributed by atoms with Crippen molar-refractivity contribution >= 4 is 17.3 Å². The fraction of sp³-hybridized carbons (Fsp3) is 0.462. The molecule has 0 unspecified atom stereocenters. The Labute approximate surface area is 121 Å². The van der Waals surface area contributed by atoms with Crippen LogP contribution in [-0.4, -0.2) is 35.7 Å². The van der Waals surface area contributed by atoms with Crippen molar-refractivity contribution in [1.29, 1.82) is 0 Å². The second-order valence-corrected chi connectivity index (χ2v) is 4.66. The van der Waals surface area contributed by atoms with E-state index in [0.29, 0.717) is 0 Å². The smallest absolute Gasteiger partial charge is 0.305 e. The monoisotopic (exact) mass is 300 g/mol. The van der Waals surface area contributed by atoms with Crippen LogP contribution in [0.1, 0.15) is 20.3 Å². The number of ether oxygens (including phenoxy) is 1. The van der Waals surface area contributed by atoms with Crippen molar-refractivity contribution in [2.45, 2.75) is 26.3 Å². The highest BCUT2D eigenvalue weighted by Gasteiger charge is 2.25. The molecule has 116 valence electrons. The molecule has 0 heterocycles. The number of benzene rings is 1. The highest BCUT2D eigenvalue weighted by Crippen LogP contribution is 2.35. The first-order valence-electron chi connectivity index (χ1n) is 6.28. The Morgan fingerprint density at radius 3 is 2.57 bits per heavy atom. The van der Waals surface area contributed by atoms with Crippen LogP contribution in [-0.2, 0) is 4.79 Å². The number of methoxy groups -OCH3 is 1. The van der Waals surface area contributed by atoms with Crippen molar-refractivity contribution in [1.82, 2.24) is 0 Å². The number of carboxylic acid groups (broad SMARTS) is 1. The maximum atomic E-state index is 13.6. The van der Waals surface area contributed by atoms with E-state index in [1.54, 1.807) is 13.8 Å². The Kier molecular flexibility index (Phi) is 5.45. The zero-order valence-electron chi connectivity index (χ0n) is 12.0. The molecule has 1 aromatic carbocycles. The Bertz CT molecular complexity index is 548. The van der Waals surface area contributed by atoms with Crippen LogP contribution in [0.4, 0.5) is 15.8 Å². The lowest BCUT2D eigenvalue weighted by Crippen LogP contribution is -2.33. The molecule has 0 saturated heterocycles. The molecule has 0 aliphatic rings. The minimum atomic E-state index is -1.02. The van der Waals surface area contributed by atoms with E-state index in [1.165, 1.54) is 18.1 Å². The molecule has 21 heavy (non-hydrogen) atoms. The summed E-state index contributed by atoms with van der Waals surface area (Å²) in [4.78, 5) is 22.6. The first kappa shape index (κ1) is 16.7. The maximum absolute atomic E-state index is 13.6. The van der Waals surface area contributed by atoms with E-state index in [4.69, 9.17) is 9.84 Å². The molecule has 0 aliphatic carbocycles. The minimum Gasteiger partial charge on any atom is -0.494 e. The zero-order chi connectivity index (χ0) is 16.2. The highest BCUT2D eigenvalue weighted by atomic mass is 19.1. The van der Waals surface area contributed by atoms with Gasteiger partial charge in [-0.15, -0.1) is 0 Å². The SMILES string of the molecule is COc1cc(N(CCC(=O)O)C(C)C)c([N+](=O)[O-])cc1F. The molecule has 0 aliphatic heterocycles. The number of carbonyl (C=O) groups is 1. The molecule has 0 atom stereocenters. The van der Waals surface area contributed by atoms with Gasteiger partial charge in [0.1, 0.15) is 5.69 Å². The molecule has 0 saturated carbocycles. The molecule has 1 N–H and O–H groups in total. The van der Waals surface area contributed by atoms with Crippen LogP contribution in [0.2, 0.25) is 0 Å². The molecule has 1 rings (SSSR count). The van der Waals surface area contributed by atoms with Crippen LogP contribution in [0.5, 0.6) is 5.75 Å². The van der Waals surface area contributed by atoms with Crippen LogP contribution >= 0.6 is 0 Å². The zero-order valence-corrected chi connectivity index (χ0v) is 12.0. The Balaban J connectivity index is 3.33. The van der Waals surface area contributed by atoms with Gasteiger partial charge in [-0.25, -0.2) is 4.39 Å². The Morgan fingerprint density at radius 1 is 1.52 bits per heavy atom. The lowest BCUT2D eigenvalue weighted by Gasteiger charge is -2.28. The number of nitro benzene ring substituents is 1. The summed E-state index contributed by atoms with van der Waals surface area (Å²) in [6.07, 6.45) is -0.185. The molecule has 0 amide bonds. The molecule has 8 heteroatoms. The number of hydrogen-bond donors (Lipinski definition) is 1. The predicted octanol–water partition coefficient (Wildman–Crippen LogP) is 2.43. The van der Waals surface area contributed by atoms with Gasteiger partial charge in [0, 0.05) is 18.7 Å². The van der Waals surface area contributed by atoms with Gasteiger partial charge in [-0.3, -0.25) is 14.9 Å². The molecular weight excluding hydrogens is 283 g/mol. The van der Waals surface area contributed by atoms with Crippen molar-refractivity contribution < 1.29 is 24.0 Å². The first-order chi connectivity index (χ1) is 9.77. The van der Waals surface area contributed by atoms with Gasteiger partial charge in [-0.05, 0) is 13.8 Å². The van der Waals surface area contributed by atoms with E-state index in [9.17, 15) is 19.3 Å². The second kappa shape index (κ2) is 6.87. The normalized spacial score (nSPS) is 10.5. The average molecular weight is 300 g/mol. The highest BCUT2D eigenvalue weighted by molar-refractivity contribution is 5.70. The third-order valence-corrected chi connectivity index (χ3v) is 2.95. The van der Waals surface area contributed by atoms with Gasteiger partial charge in [0.25, 0.3) is 5.69 Å². The van der Waals surface area contributed by atoms with E-state index < -0.39 is 22.4 Å². The number of rotatable bonds is 7. The van der Waals surface area contributed by atoms with E-state index in [-0.39, 0.29) is 30.4 Å². The molecule has 0 radical (unpaired) electrons. The molecule has 7 nitrogen and oxygen atoms in total. The van der Waals surface area contributed by atoms with Gasteiger partial charge in [-0.2, -0.15) is 0 Å². The molecule has 0 bridgehead atoms. The Hall–Kier alpha value is -2.38. The van der Waals surface area contributed by atoms with E-state index in [1.807, 2.05) is 0 Å². The number of nitrogens with zero attached hydrogens (tertiary/aromatic N) is 2. The predicted molar refractivity (Wildman–Crippen MR) is 74.3 cm³/mol. The standard InChI is InChI=1S/C13H17FN2O5/c1-8(2)15(5-4-13(17)18)10-7-12(21-3)9(14)6-11(10)16(19)20/h6-8H,4-5H2,1-3H3,(H,17,18). The summed E-state index contributed by atoms with van der Waals surface area (Å²) in [6.45, 7) is 3.60. The number of anilines is 1. The van der Waals surface area contributed by atoms with Gasteiger partial charge in [0.15, 0.2) is 11.6 Å². The molecule has 1 aromatic rings. The summed E-state index contributed by atoms with van der Waals surface area (Å²) in [6, 6.07) is 1.80.